The lowest BCUT2D eigenvalue weighted by molar-refractivity contribution is -0.131. The SMILES string of the molecule is COc1ccc(Cl)cc1CN1C(=O)N[C@@](C)(c2ccc3ccccc3c2)C1=O. The molecule has 0 saturated carbocycles. The van der Waals surface area contributed by atoms with Crippen LogP contribution in [0.5, 0.6) is 5.75 Å². The third-order valence-corrected chi connectivity index (χ3v) is 5.41. The van der Waals surface area contributed by atoms with E-state index in [0.29, 0.717) is 16.3 Å². The molecule has 0 aromatic heterocycles. The van der Waals surface area contributed by atoms with Gasteiger partial charge in [0.25, 0.3) is 5.91 Å². The van der Waals surface area contributed by atoms with Gasteiger partial charge in [-0.05, 0) is 47.5 Å². The van der Waals surface area contributed by atoms with Crippen LogP contribution in [0.25, 0.3) is 10.8 Å². The molecule has 3 aromatic rings. The van der Waals surface area contributed by atoms with Gasteiger partial charge in [-0.2, -0.15) is 0 Å². The lowest BCUT2D eigenvalue weighted by atomic mass is 9.90. The van der Waals surface area contributed by atoms with Gasteiger partial charge < -0.3 is 10.1 Å². The van der Waals surface area contributed by atoms with Crippen LogP contribution in [0.4, 0.5) is 4.79 Å². The standard InChI is InChI=1S/C22H19ClN2O3/c1-22(17-8-7-14-5-3-4-6-15(14)11-17)20(26)25(21(27)24-22)13-16-12-18(23)9-10-19(16)28-2/h3-12H,13H2,1-2H3,(H,24,27)/t22-/m0/s1. The van der Waals surface area contributed by atoms with Crippen LogP contribution < -0.4 is 10.1 Å². The minimum atomic E-state index is -1.13. The number of amides is 3. The first-order chi connectivity index (χ1) is 13.4. The van der Waals surface area contributed by atoms with Crippen molar-refractivity contribution < 1.29 is 14.3 Å². The molecule has 0 radical (unpaired) electrons. The first-order valence-corrected chi connectivity index (χ1v) is 9.26. The lowest BCUT2D eigenvalue weighted by Crippen LogP contribution is -2.40. The quantitative estimate of drug-likeness (QED) is 0.664. The predicted octanol–water partition coefficient (Wildman–Crippen LogP) is 4.47. The molecule has 28 heavy (non-hydrogen) atoms. The molecular weight excluding hydrogens is 376 g/mol. The molecule has 3 amide bonds. The van der Waals surface area contributed by atoms with E-state index in [9.17, 15) is 9.59 Å². The van der Waals surface area contributed by atoms with Crippen molar-refractivity contribution in [3.05, 3.63) is 76.8 Å². The second-order valence-corrected chi connectivity index (χ2v) is 7.40. The molecule has 0 unspecified atom stereocenters. The molecule has 1 atom stereocenters. The number of hydrogen-bond donors (Lipinski definition) is 1. The second-order valence-electron chi connectivity index (χ2n) is 6.96. The van der Waals surface area contributed by atoms with E-state index in [0.717, 1.165) is 16.3 Å². The molecule has 1 fully saturated rings. The summed E-state index contributed by atoms with van der Waals surface area (Å²) in [7, 11) is 1.54. The summed E-state index contributed by atoms with van der Waals surface area (Å²) in [6.45, 7) is 1.81. The van der Waals surface area contributed by atoms with Gasteiger partial charge in [0, 0.05) is 10.6 Å². The fraction of sp³-hybridized carbons (Fsp3) is 0.182. The number of rotatable bonds is 4. The third kappa shape index (κ3) is 2.98. The van der Waals surface area contributed by atoms with Gasteiger partial charge in [-0.3, -0.25) is 9.69 Å². The van der Waals surface area contributed by atoms with Crippen molar-refractivity contribution in [2.45, 2.75) is 19.0 Å². The number of halogens is 1. The van der Waals surface area contributed by atoms with Crippen molar-refractivity contribution in [2.75, 3.05) is 7.11 Å². The van der Waals surface area contributed by atoms with Crippen LogP contribution in [0.2, 0.25) is 5.02 Å². The van der Waals surface area contributed by atoms with Crippen molar-refractivity contribution in [1.29, 1.82) is 0 Å². The molecule has 3 aromatic carbocycles. The molecule has 1 N–H and O–H groups in total. The number of hydrogen-bond acceptors (Lipinski definition) is 3. The second kappa shape index (κ2) is 6.84. The summed E-state index contributed by atoms with van der Waals surface area (Å²) in [5.74, 6) is 0.263. The summed E-state index contributed by atoms with van der Waals surface area (Å²) in [5.41, 5.74) is 0.277. The highest BCUT2D eigenvalue weighted by atomic mass is 35.5. The number of carbonyl (C=O) groups excluding carboxylic acids is 2. The number of fused-ring (bicyclic) bond motifs is 1. The Morgan fingerprint density at radius 3 is 2.54 bits per heavy atom. The molecule has 0 spiro atoms. The van der Waals surface area contributed by atoms with Gasteiger partial charge >= 0.3 is 6.03 Å². The lowest BCUT2D eigenvalue weighted by Gasteiger charge is -2.23. The van der Waals surface area contributed by atoms with Gasteiger partial charge in [0.15, 0.2) is 0 Å². The molecule has 0 aliphatic carbocycles. The molecule has 142 valence electrons. The average Bonchev–Trinajstić information content (AvgIpc) is 2.92. The van der Waals surface area contributed by atoms with Crippen molar-refractivity contribution in [2.24, 2.45) is 0 Å². The number of benzene rings is 3. The number of imide groups is 1. The molecule has 1 heterocycles. The molecule has 5 nitrogen and oxygen atoms in total. The highest BCUT2D eigenvalue weighted by Gasteiger charge is 2.49. The van der Waals surface area contributed by atoms with Gasteiger partial charge in [-0.1, -0.05) is 48.0 Å². The van der Waals surface area contributed by atoms with E-state index >= 15 is 0 Å². The fourth-order valence-electron chi connectivity index (χ4n) is 3.58. The monoisotopic (exact) mass is 394 g/mol. The summed E-state index contributed by atoms with van der Waals surface area (Å²) in [4.78, 5) is 27.1. The molecule has 1 aliphatic heterocycles. The summed E-state index contributed by atoms with van der Waals surface area (Å²) >= 11 is 6.08. The Balaban J connectivity index is 1.69. The van der Waals surface area contributed by atoms with Gasteiger partial charge in [0.05, 0.1) is 13.7 Å². The van der Waals surface area contributed by atoms with Crippen molar-refractivity contribution in [1.82, 2.24) is 10.2 Å². The zero-order valence-corrected chi connectivity index (χ0v) is 16.3. The van der Waals surface area contributed by atoms with E-state index in [1.54, 1.807) is 25.1 Å². The Labute approximate surface area is 167 Å². The third-order valence-electron chi connectivity index (χ3n) is 5.17. The molecule has 6 heteroatoms. The Morgan fingerprint density at radius 2 is 1.79 bits per heavy atom. The predicted molar refractivity (Wildman–Crippen MR) is 108 cm³/mol. The summed E-state index contributed by atoms with van der Waals surface area (Å²) in [5, 5.41) is 5.45. The van der Waals surface area contributed by atoms with Crippen LogP contribution in [0.1, 0.15) is 18.1 Å². The first kappa shape index (κ1) is 18.3. The normalized spacial score (nSPS) is 19.2. The zero-order valence-electron chi connectivity index (χ0n) is 15.5. The van der Waals surface area contributed by atoms with E-state index in [1.165, 1.54) is 12.0 Å². The number of ether oxygens (including phenoxy) is 1. The summed E-state index contributed by atoms with van der Waals surface area (Å²) < 4.78 is 5.34. The maximum absolute atomic E-state index is 13.2. The van der Waals surface area contributed by atoms with Crippen LogP contribution >= 0.6 is 11.6 Å². The van der Waals surface area contributed by atoms with E-state index < -0.39 is 11.6 Å². The fourth-order valence-corrected chi connectivity index (χ4v) is 3.77. The van der Waals surface area contributed by atoms with E-state index in [-0.39, 0.29) is 12.5 Å². The molecular formula is C22H19ClN2O3. The molecule has 1 saturated heterocycles. The van der Waals surface area contributed by atoms with Crippen LogP contribution in [0.15, 0.2) is 60.7 Å². The number of nitrogens with one attached hydrogen (secondary N) is 1. The van der Waals surface area contributed by atoms with E-state index in [2.05, 4.69) is 5.32 Å². The number of urea groups is 1. The minimum absolute atomic E-state index is 0.0809. The van der Waals surface area contributed by atoms with Gasteiger partial charge in [0.2, 0.25) is 0 Å². The van der Waals surface area contributed by atoms with Crippen molar-refractivity contribution in [3.63, 3.8) is 0 Å². The van der Waals surface area contributed by atoms with Crippen LogP contribution in [0, 0.1) is 0 Å². The van der Waals surface area contributed by atoms with E-state index in [1.807, 2.05) is 42.5 Å². The Hall–Kier alpha value is -3.05. The largest absolute Gasteiger partial charge is 0.496 e. The zero-order chi connectivity index (χ0) is 19.9. The smallest absolute Gasteiger partial charge is 0.325 e. The van der Waals surface area contributed by atoms with Crippen LogP contribution in [-0.2, 0) is 16.9 Å². The first-order valence-electron chi connectivity index (χ1n) is 8.88. The molecule has 1 aliphatic rings. The highest BCUT2D eigenvalue weighted by molar-refractivity contribution is 6.30. The Morgan fingerprint density at radius 1 is 1.04 bits per heavy atom. The van der Waals surface area contributed by atoms with Crippen molar-refractivity contribution >= 4 is 34.3 Å². The maximum Gasteiger partial charge on any atom is 0.325 e. The summed E-state index contributed by atoms with van der Waals surface area (Å²) in [6.07, 6.45) is 0. The molecule has 4 rings (SSSR count). The van der Waals surface area contributed by atoms with Gasteiger partial charge in [-0.15, -0.1) is 0 Å². The minimum Gasteiger partial charge on any atom is -0.496 e. The maximum atomic E-state index is 13.2. The average molecular weight is 395 g/mol. The Kier molecular flexibility index (Phi) is 4.47. The topological polar surface area (TPSA) is 58.6 Å². The van der Waals surface area contributed by atoms with Crippen LogP contribution in [-0.4, -0.2) is 23.9 Å². The van der Waals surface area contributed by atoms with Gasteiger partial charge in [0.1, 0.15) is 11.3 Å². The molecule has 0 bridgehead atoms. The van der Waals surface area contributed by atoms with Gasteiger partial charge in [-0.25, -0.2) is 4.79 Å². The number of nitrogens with zero attached hydrogens (tertiary/aromatic N) is 1. The van der Waals surface area contributed by atoms with Crippen LogP contribution in [0.3, 0.4) is 0 Å². The van der Waals surface area contributed by atoms with E-state index in [4.69, 9.17) is 16.3 Å². The Bertz CT molecular complexity index is 1100. The number of carbonyl (C=O) groups is 2. The van der Waals surface area contributed by atoms with Crippen molar-refractivity contribution in [3.8, 4) is 5.75 Å². The number of methoxy groups -OCH3 is 1. The highest BCUT2D eigenvalue weighted by Crippen LogP contribution is 2.33. The summed E-state index contributed by atoms with van der Waals surface area (Å²) in [6, 6.07) is 18.4.